The summed E-state index contributed by atoms with van der Waals surface area (Å²) in [6, 6.07) is 6.84. The van der Waals surface area contributed by atoms with E-state index in [0.29, 0.717) is 37.3 Å². The molecular weight excluding hydrogens is 556 g/mol. The number of aromatic nitrogens is 2. The number of benzene rings is 1. The first-order valence-electron chi connectivity index (χ1n) is 15.0. The third-order valence-electron chi connectivity index (χ3n) is 8.53. The summed E-state index contributed by atoms with van der Waals surface area (Å²) in [4.78, 5) is 43.6. The number of amides is 3. The Morgan fingerprint density at radius 3 is 2.43 bits per heavy atom. The number of likely N-dealkylation sites (tertiary alicyclic amines) is 1. The number of nitrogens with one attached hydrogen (secondary N) is 2. The topological polar surface area (TPSA) is 120 Å². The van der Waals surface area contributed by atoms with Gasteiger partial charge in [-0.15, -0.1) is 12.4 Å². The molecule has 1 atom stereocenters. The van der Waals surface area contributed by atoms with Crippen LogP contribution in [0.4, 0.5) is 0 Å². The Balaban J connectivity index is 0.00000484. The number of aryl methyl sites for hydroxylation is 1. The summed E-state index contributed by atoms with van der Waals surface area (Å²) < 4.78 is 1.90. The van der Waals surface area contributed by atoms with Crippen molar-refractivity contribution in [1.82, 2.24) is 30.2 Å². The summed E-state index contributed by atoms with van der Waals surface area (Å²) in [6.45, 7) is 13.3. The second-order valence-corrected chi connectivity index (χ2v) is 11.9. The molecule has 2 aromatic rings. The van der Waals surface area contributed by atoms with Crippen LogP contribution in [0.3, 0.4) is 0 Å². The lowest BCUT2D eigenvalue weighted by molar-refractivity contribution is -0.161. The summed E-state index contributed by atoms with van der Waals surface area (Å²) in [5.41, 5.74) is 3.75. The van der Waals surface area contributed by atoms with Gasteiger partial charge >= 0.3 is 0 Å². The number of carbonyl (C=O) groups excluding carboxylic acids is 3. The van der Waals surface area contributed by atoms with E-state index in [4.69, 9.17) is 10.2 Å². The van der Waals surface area contributed by atoms with Crippen LogP contribution in [-0.4, -0.2) is 86.8 Å². The number of nitrogens with zero attached hydrogens (tertiary/aromatic N) is 4. The van der Waals surface area contributed by atoms with E-state index < -0.39 is 11.6 Å². The number of unbranched alkanes of at least 4 members (excludes halogenated alkanes) is 1. The molecule has 42 heavy (non-hydrogen) atoms. The molecule has 0 unspecified atom stereocenters. The third-order valence-corrected chi connectivity index (χ3v) is 8.53. The highest BCUT2D eigenvalue weighted by Crippen LogP contribution is 2.35. The summed E-state index contributed by atoms with van der Waals surface area (Å²) in [5, 5.41) is 19.5. The van der Waals surface area contributed by atoms with Crippen LogP contribution in [0.1, 0.15) is 80.2 Å². The summed E-state index contributed by atoms with van der Waals surface area (Å²) in [5.74, 6) is 0.187. The van der Waals surface area contributed by atoms with Gasteiger partial charge in [0.25, 0.3) is 5.91 Å². The SMILES string of the molecule is CCCCN1C(=O)[C@H](CC(C)C)NC(=O)C12CCN(Cc1c(C)nn(-c3ccc(C(=O)NCCO)cc3)c1C)CC2.Cl. The molecule has 2 fully saturated rings. The minimum absolute atomic E-state index is 0. The van der Waals surface area contributed by atoms with Gasteiger partial charge in [0, 0.05) is 49.5 Å². The lowest BCUT2D eigenvalue weighted by Crippen LogP contribution is -2.73. The van der Waals surface area contributed by atoms with Gasteiger partial charge in [-0.2, -0.15) is 5.10 Å². The minimum atomic E-state index is -0.768. The average Bonchev–Trinajstić information content (AvgIpc) is 3.23. The predicted octanol–water partition coefficient (Wildman–Crippen LogP) is 3.14. The number of rotatable bonds is 11. The highest BCUT2D eigenvalue weighted by Gasteiger charge is 2.53. The predicted molar refractivity (Wildman–Crippen MR) is 165 cm³/mol. The molecule has 0 aliphatic carbocycles. The van der Waals surface area contributed by atoms with Gasteiger partial charge in [-0.1, -0.05) is 27.2 Å². The van der Waals surface area contributed by atoms with E-state index in [0.717, 1.165) is 55.1 Å². The standard InChI is InChI=1S/C31H46N6O4.ClH/c1-6-7-15-36-29(40)27(19-21(2)3)33-30(41)31(36)12-16-35(17-13-31)20-26-22(4)34-37(23(26)5)25-10-8-24(9-11-25)28(39)32-14-18-38;/h8-11,21,27,38H,6-7,12-20H2,1-5H3,(H,32,39)(H,33,41);1H/t27-;/m0./s1. The van der Waals surface area contributed by atoms with Gasteiger partial charge in [0.15, 0.2) is 0 Å². The van der Waals surface area contributed by atoms with Crippen molar-refractivity contribution in [3.05, 3.63) is 46.8 Å². The monoisotopic (exact) mass is 602 g/mol. The molecule has 1 aromatic heterocycles. The number of halogens is 1. The summed E-state index contributed by atoms with van der Waals surface area (Å²) >= 11 is 0. The number of carbonyl (C=O) groups is 3. The van der Waals surface area contributed by atoms with Crippen LogP contribution in [0.15, 0.2) is 24.3 Å². The Morgan fingerprint density at radius 1 is 1.17 bits per heavy atom. The van der Waals surface area contributed by atoms with Crippen molar-refractivity contribution in [3.63, 3.8) is 0 Å². The minimum Gasteiger partial charge on any atom is -0.395 e. The van der Waals surface area contributed by atoms with E-state index in [1.807, 2.05) is 28.6 Å². The third kappa shape index (κ3) is 6.98. The van der Waals surface area contributed by atoms with Crippen molar-refractivity contribution >= 4 is 30.1 Å². The Bertz CT molecular complexity index is 1240. The van der Waals surface area contributed by atoms with Crippen LogP contribution in [0.5, 0.6) is 0 Å². The number of aliphatic hydroxyl groups is 1. The Labute approximate surface area is 255 Å². The van der Waals surface area contributed by atoms with E-state index in [1.54, 1.807) is 12.1 Å². The van der Waals surface area contributed by atoms with Gasteiger partial charge in [-0.3, -0.25) is 19.3 Å². The molecular formula is C31H47ClN6O4. The fourth-order valence-electron chi connectivity index (χ4n) is 6.13. The zero-order valence-corrected chi connectivity index (χ0v) is 26.4. The molecule has 2 saturated heterocycles. The maximum atomic E-state index is 13.6. The fraction of sp³-hybridized carbons (Fsp3) is 0.613. The molecule has 0 bridgehead atoms. The average molecular weight is 603 g/mol. The Kier molecular flexibility index (Phi) is 11.6. The van der Waals surface area contributed by atoms with Crippen LogP contribution in [0.2, 0.25) is 0 Å². The maximum Gasteiger partial charge on any atom is 0.251 e. The molecule has 1 aromatic carbocycles. The first-order valence-corrected chi connectivity index (χ1v) is 15.0. The van der Waals surface area contributed by atoms with Crippen LogP contribution in [0, 0.1) is 19.8 Å². The molecule has 1 spiro atoms. The zero-order chi connectivity index (χ0) is 29.7. The molecule has 3 N–H and O–H groups in total. The first-order chi connectivity index (χ1) is 19.6. The molecule has 2 aliphatic heterocycles. The van der Waals surface area contributed by atoms with Crippen LogP contribution < -0.4 is 10.6 Å². The summed E-state index contributed by atoms with van der Waals surface area (Å²) in [7, 11) is 0. The van der Waals surface area contributed by atoms with Crippen molar-refractivity contribution in [2.45, 2.75) is 84.8 Å². The molecule has 2 aliphatic rings. The quantitative estimate of drug-likeness (QED) is 0.364. The number of piperidine rings is 1. The molecule has 10 nitrogen and oxygen atoms in total. The van der Waals surface area contributed by atoms with E-state index in [2.05, 4.69) is 43.2 Å². The Hall–Kier alpha value is -2.95. The van der Waals surface area contributed by atoms with E-state index >= 15 is 0 Å². The summed E-state index contributed by atoms with van der Waals surface area (Å²) in [6.07, 6.45) is 3.77. The smallest absolute Gasteiger partial charge is 0.251 e. The van der Waals surface area contributed by atoms with Crippen molar-refractivity contribution in [1.29, 1.82) is 0 Å². The highest BCUT2D eigenvalue weighted by molar-refractivity contribution is 6.00. The zero-order valence-electron chi connectivity index (χ0n) is 25.6. The fourth-order valence-corrected chi connectivity index (χ4v) is 6.13. The highest BCUT2D eigenvalue weighted by atomic mass is 35.5. The number of hydrogen-bond donors (Lipinski definition) is 3. The second-order valence-electron chi connectivity index (χ2n) is 11.9. The molecule has 0 saturated carbocycles. The molecule has 4 rings (SSSR count). The van der Waals surface area contributed by atoms with Gasteiger partial charge in [0.1, 0.15) is 11.6 Å². The largest absolute Gasteiger partial charge is 0.395 e. The second kappa shape index (κ2) is 14.5. The van der Waals surface area contributed by atoms with Crippen LogP contribution >= 0.6 is 12.4 Å². The van der Waals surface area contributed by atoms with Gasteiger partial charge in [-0.05, 0) is 69.7 Å². The van der Waals surface area contributed by atoms with Gasteiger partial charge in [0.2, 0.25) is 11.8 Å². The normalized spacial score (nSPS) is 18.7. The molecule has 232 valence electrons. The van der Waals surface area contributed by atoms with Gasteiger partial charge < -0.3 is 20.6 Å². The number of aliphatic hydroxyl groups excluding tert-OH is 1. The lowest BCUT2D eigenvalue weighted by atomic mass is 9.80. The Morgan fingerprint density at radius 2 is 1.83 bits per heavy atom. The van der Waals surface area contributed by atoms with Crippen molar-refractivity contribution in [2.75, 3.05) is 32.8 Å². The van der Waals surface area contributed by atoms with Crippen molar-refractivity contribution in [2.24, 2.45) is 5.92 Å². The van der Waals surface area contributed by atoms with Gasteiger partial charge in [0.05, 0.1) is 18.0 Å². The molecule has 3 heterocycles. The van der Waals surface area contributed by atoms with Crippen LogP contribution in [0.25, 0.3) is 5.69 Å². The maximum absolute atomic E-state index is 13.6. The first kappa shape index (κ1) is 33.6. The van der Waals surface area contributed by atoms with Crippen molar-refractivity contribution in [3.8, 4) is 5.69 Å². The van der Waals surface area contributed by atoms with E-state index in [9.17, 15) is 14.4 Å². The van der Waals surface area contributed by atoms with Crippen LogP contribution in [-0.2, 0) is 16.1 Å². The lowest BCUT2D eigenvalue weighted by Gasteiger charge is -2.52. The molecule has 3 amide bonds. The number of hydrogen-bond acceptors (Lipinski definition) is 6. The van der Waals surface area contributed by atoms with Crippen molar-refractivity contribution < 1.29 is 19.5 Å². The number of piperazine rings is 1. The van der Waals surface area contributed by atoms with E-state index in [-0.39, 0.29) is 43.3 Å². The molecule has 0 radical (unpaired) electrons. The van der Waals surface area contributed by atoms with E-state index in [1.165, 1.54) is 0 Å². The molecule has 11 heteroatoms. The van der Waals surface area contributed by atoms with Gasteiger partial charge in [-0.25, -0.2) is 4.68 Å².